The number of aliphatic hydroxyl groups is 1. The summed E-state index contributed by atoms with van der Waals surface area (Å²) in [5.41, 5.74) is -0.485. The third-order valence-electron chi connectivity index (χ3n) is 3.07. The highest BCUT2D eigenvalue weighted by molar-refractivity contribution is 4.90. The molecule has 0 saturated carbocycles. The minimum atomic E-state index is -0.485. The van der Waals surface area contributed by atoms with Crippen LogP contribution in [-0.2, 0) is 14.2 Å². The first kappa shape index (κ1) is 16.9. The van der Waals surface area contributed by atoms with Crippen LogP contribution in [0.5, 0.6) is 0 Å². The van der Waals surface area contributed by atoms with Gasteiger partial charge in [0, 0.05) is 26.2 Å². The highest BCUT2D eigenvalue weighted by atomic mass is 16.5. The third kappa shape index (κ3) is 8.55. The van der Waals surface area contributed by atoms with E-state index < -0.39 is 5.60 Å². The largest absolute Gasteiger partial charge is 0.388 e. The van der Waals surface area contributed by atoms with Crippen LogP contribution < -0.4 is 0 Å². The molecule has 0 aliphatic carbocycles. The number of rotatable bonds is 12. The summed E-state index contributed by atoms with van der Waals surface area (Å²) in [6.45, 7) is 10.5. The molecule has 0 radical (unpaired) electrons. The molecule has 0 aromatic heterocycles. The van der Waals surface area contributed by atoms with Crippen LogP contribution in [0.25, 0.3) is 0 Å². The molecule has 1 N–H and O–H groups in total. The Kier molecular flexibility index (Phi) is 8.57. The number of β-amino-alcohol motifs (C(OH)–C–C–N with tert-alkyl or cyclic N) is 1. The van der Waals surface area contributed by atoms with Crippen LogP contribution in [-0.4, -0.2) is 74.9 Å². The van der Waals surface area contributed by atoms with Gasteiger partial charge in [-0.2, -0.15) is 0 Å². The van der Waals surface area contributed by atoms with Crippen molar-refractivity contribution in [3.8, 4) is 0 Å². The average molecular weight is 275 g/mol. The lowest BCUT2D eigenvalue weighted by atomic mass is 9.97. The number of likely N-dealkylation sites (tertiary alicyclic amines) is 1. The maximum absolute atomic E-state index is 9.55. The Morgan fingerprint density at radius 2 is 1.47 bits per heavy atom. The van der Waals surface area contributed by atoms with Crippen molar-refractivity contribution < 1.29 is 19.3 Å². The van der Waals surface area contributed by atoms with E-state index in [-0.39, 0.29) is 0 Å². The highest BCUT2D eigenvalue weighted by Crippen LogP contribution is 2.18. The van der Waals surface area contributed by atoms with Crippen LogP contribution in [0, 0.1) is 0 Å². The van der Waals surface area contributed by atoms with Crippen LogP contribution in [0.1, 0.15) is 26.7 Å². The zero-order chi connectivity index (χ0) is 14.0. The lowest BCUT2D eigenvalue weighted by molar-refractivity contribution is -0.0915. The molecule has 0 aromatic carbocycles. The predicted octanol–water partition coefficient (Wildman–Crippen LogP) is 0.903. The molecule has 5 nitrogen and oxygen atoms in total. The fraction of sp³-hybridized carbons (Fsp3) is 1.00. The molecule has 1 heterocycles. The van der Waals surface area contributed by atoms with E-state index in [9.17, 15) is 5.11 Å². The summed E-state index contributed by atoms with van der Waals surface area (Å²) in [4.78, 5) is 2.18. The zero-order valence-electron chi connectivity index (χ0n) is 12.4. The van der Waals surface area contributed by atoms with E-state index in [2.05, 4.69) is 11.8 Å². The topological polar surface area (TPSA) is 51.2 Å². The van der Waals surface area contributed by atoms with Crippen LogP contribution in [0.15, 0.2) is 0 Å². The summed E-state index contributed by atoms with van der Waals surface area (Å²) >= 11 is 0. The van der Waals surface area contributed by atoms with E-state index in [1.165, 1.54) is 6.42 Å². The maximum atomic E-state index is 9.55. The first-order valence-corrected chi connectivity index (χ1v) is 7.32. The number of nitrogens with zero attached hydrogens (tertiary/aromatic N) is 1. The summed E-state index contributed by atoms with van der Waals surface area (Å²) in [6, 6.07) is 0. The van der Waals surface area contributed by atoms with Gasteiger partial charge in [-0.15, -0.1) is 0 Å². The van der Waals surface area contributed by atoms with E-state index in [1.807, 2.05) is 6.92 Å². The van der Waals surface area contributed by atoms with Gasteiger partial charge in [0.1, 0.15) is 0 Å². The lowest BCUT2D eigenvalue weighted by Gasteiger charge is -2.44. The van der Waals surface area contributed by atoms with Crippen LogP contribution in [0.2, 0.25) is 0 Å². The molecule has 0 unspecified atom stereocenters. The van der Waals surface area contributed by atoms with Gasteiger partial charge >= 0.3 is 0 Å². The average Bonchev–Trinajstić information content (AvgIpc) is 2.33. The first-order valence-electron chi connectivity index (χ1n) is 7.32. The Labute approximate surface area is 116 Å². The van der Waals surface area contributed by atoms with Gasteiger partial charge in [0.05, 0.1) is 38.6 Å². The minimum absolute atomic E-state index is 0.485. The molecule has 5 heteroatoms. The standard InChI is InChI=1S/C14H29NO4/c1-3-4-6-17-8-10-19-11-9-18-7-5-15-12-14(2,16)13-15/h16H,3-13H2,1-2H3. The molecule has 1 fully saturated rings. The van der Waals surface area contributed by atoms with Crippen molar-refractivity contribution in [1.82, 2.24) is 4.90 Å². The molecule has 1 saturated heterocycles. The quantitative estimate of drug-likeness (QED) is 0.536. The Balaban J connectivity index is 1.70. The second-order valence-electron chi connectivity index (χ2n) is 5.40. The highest BCUT2D eigenvalue weighted by Gasteiger charge is 2.35. The molecule has 1 rings (SSSR count). The normalized spacial score (nSPS) is 18.5. The molecule has 0 aromatic rings. The summed E-state index contributed by atoms with van der Waals surface area (Å²) < 4.78 is 16.2. The number of ether oxygens (including phenoxy) is 3. The van der Waals surface area contributed by atoms with E-state index >= 15 is 0 Å². The van der Waals surface area contributed by atoms with E-state index in [0.717, 1.165) is 32.7 Å². The Bertz CT molecular complexity index is 215. The maximum Gasteiger partial charge on any atom is 0.0872 e. The Morgan fingerprint density at radius 3 is 2.00 bits per heavy atom. The fourth-order valence-electron chi connectivity index (χ4n) is 2.06. The van der Waals surface area contributed by atoms with Crippen molar-refractivity contribution in [3.05, 3.63) is 0 Å². The third-order valence-corrected chi connectivity index (χ3v) is 3.07. The zero-order valence-corrected chi connectivity index (χ0v) is 12.4. The molecule has 114 valence electrons. The molecule has 0 amide bonds. The van der Waals surface area contributed by atoms with Crippen LogP contribution >= 0.6 is 0 Å². The van der Waals surface area contributed by atoms with Crippen molar-refractivity contribution in [2.24, 2.45) is 0 Å². The smallest absolute Gasteiger partial charge is 0.0872 e. The van der Waals surface area contributed by atoms with Gasteiger partial charge in [0.15, 0.2) is 0 Å². The van der Waals surface area contributed by atoms with Gasteiger partial charge in [-0.3, -0.25) is 4.90 Å². The second-order valence-corrected chi connectivity index (χ2v) is 5.40. The molecule has 0 spiro atoms. The van der Waals surface area contributed by atoms with Gasteiger partial charge in [-0.05, 0) is 13.3 Å². The Hall–Kier alpha value is -0.200. The molecule has 19 heavy (non-hydrogen) atoms. The number of unbranched alkanes of at least 4 members (excludes halogenated alkanes) is 1. The summed E-state index contributed by atoms with van der Waals surface area (Å²) in [7, 11) is 0. The molecule has 1 aliphatic rings. The fourth-order valence-corrected chi connectivity index (χ4v) is 2.06. The van der Waals surface area contributed by atoms with Crippen LogP contribution in [0.3, 0.4) is 0 Å². The van der Waals surface area contributed by atoms with Gasteiger partial charge < -0.3 is 19.3 Å². The van der Waals surface area contributed by atoms with E-state index in [4.69, 9.17) is 14.2 Å². The van der Waals surface area contributed by atoms with E-state index in [0.29, 0.717) is 33.0 Å². The number of hydrogen-bond acceptors (Lipinski definition) is 5. The predicted molar refractivity (Wildman–Crippen MR) is 74.4 cm³/mol. The van der Waals surface area contributed by atoms with Crippen molar-refractivity contribution >= 4 is 0 Å². The van der Waals surface area contributed by atoms with Crippen molar-refractivity contribution in [2.45, 2.75) is 32.3 Å². The Morgan fingerprint density at radius 1 is 0.947 bits per heavy atom. The van der Waals surface area contributed by atoms with Crippen molar-refractivity contribution in [1.29, 1.82) is 0 Å². The monoisotopic (exact) mass is 275 g/mol. The van der Waals surface area contributed by atoms with Gasteiger partial charge in [-0.25, -0.2) is 0 Å². The molecule has 0 atom stereocenters. The van der Waals surface area contributed by atoms with Crippen molar-refractivity contribution in [2.75, 3.05) is 59.3 Å². The second kappa shape index (κ2) is 9.66. The molecular formula is C14H29NO4. The summed E-state index contributed by atoms with van der Waals surface area (Å²) in [6.07, 6.45) is 2.29. The lowest BCUT2D eigenvalue weighted by Crippen LogP contribution is -2.60. The van der Waals surface area contributed by atoms with Gasteiger partial charge in [0.2, 0.25) is 0 Å². The summed E-state index contributed by atoms with van der Waals surface area (Å²) in [5, 5.41) is 9.55. The number of hydrogen-bond donors (Lipinski definition) is 1. The molecule has 1 aliphatic heterocycles. The molecule has 0 bridgehead atoms. The summed E-state index contributed by atoms with van der Waals surface area (Å²) in [5.74, 6) is 0. The van der Waals surface area contributed by atoms with Gasteiger partial charge in [-0.1, -0.05) is 13.3 Å². The van der Waals surface area contributed by atoms with Crippen LogP contribution in [0.4, 0.5) is 0 Å². The molecular weight excluding hydrogens is 246 g/mol. The van der Waals surface area contributed by atoms with Gasteiger partial charge in [0.25, 0.3) is 0 Å². The van der Waals surface area contributed by atoms with E-state index in [1.54, 1.807) is 0 Å². The minimum Gasteiger partial charge on any atom is -0.388 e. The SMILES string of the molecule is CCCCOCCOCCOCCN1CC(C)(O)C1. The van der Waals surface area contributed by atoms with Crippen molar-refractivity contribution in [3.63, 3.8) is 0 Å². The first-order chi connectivity index (χ1) is 9.14.